The highest BCUT2D eigenvalue weighted by molar-refractivity contribution is 6.20. The number of methoxy groups -OCH3 is 1. The molecule has 1 aromatic heterocycles. The highest BCUT2D eigenvalue weighted by Gasteiger charge is 2.40. The molecule has 6 heteroatoms. The lowest BCUT2D eigenvalue weighted by molar-refractivity contribution is 0.103. The van der Waals surface area contributed by atoms with Gasteiger partial charge in [-0.25, -0.2) is 0 Å². The van der Waals surface area contributed by atoms with Crippen molar-refractivity contribution in [2.24, 2.45) is 0 Å². The number of benzene rings is 2. The van der Waals surface area contributed by atoms with Crippen molar-refractivity contribution in [3.8, 4) is 17.6 Å². The lowest BCUT2D eigenvalue weighted by Crippen LogP contribution is -2.30. The number of carbonyl (C=O) groups excluding carboxylic acids is 1. The summed E-state index contributed by atoms with van der Waals surface area (Å²) in [5.74, 6) is 0.0936. The van der Waals surface area contributed by atoms with Gasteiger partial charge in [0, 0.05) is 34.7 Å². The molecule has 0 radical (unpaired) electrons. The van der Waals surface area contributed by atoms with E-state index in [0.29, 0.717) is 35.7 Å². The number of aromatic hydroxyl groups is 1. The topological polar surface area (TPSA) is 95.3 Å². The van der Waals surface area contributed by atoms with Gasteiger partial charge in [-0.15, -0.1) is 0 Å². The number of rotatable bonds is 4. The van der Waals surface area contributed by atoms with Crippen molar-refractivity contribution < 1.29 is 19.4 Å². The molecule has 0 amide bonds. The molecule has 0 spiro atoms. The van der Waals surface area contributed by atoms with Crippen LogP contribution in [0.15, 0.2) is 30.3 Å². The number of hydrogen-bond acceptors (Lipinski definition) is 5. The van der Waals surface area contributed by atoms with Gasteiger partial charge in [0.1, 0.15) is 6.61 Å². The Morgan fingerprint density at radius 1 is 1.21 bits per heavy atom. The highest BCUT2D eigenvalue weighted by atomic mass is 16.5. The van der Waals surface area contributed by atoms with E-state index in [4.69, 9.17) is 14.7 Å². The van der Waals surface area contributed by atoms with Crippen molar-refractivity contribution in [2.75, 3.05) is 20.3 Å². The third-order valence-corrected chi connectivity index (χ3v) is 5.34. The van der Waals surface area contributed by atoms with Gasteiger partial charge in [-0.1, -0.05) is 19.9 Å². The van der Waals surface area contributed by atoms with E-state index in [2.05, 4.69) is 11.1 Å². The van der Waals surface area contributed by atoms with Crippen LogP contribution in [0.1, 0.15) is 46.6 Å². The Balaban J connectivity index is 1.90. The number of hydrogen-bond donors (Lipinski definition) is 2. The van der Waals surface area contributed by atoms with E-state index in [1.165, 1.54) is 6.07 Å². The monoisotopic (exact) mass is 376 g/mol. The summed E-state index contributed by atoms with van der Waals surface area (Å²) in [7, 11) is 1.58. The molecule has 0 fully saturated rings. The van der Waals surface area contributed by atoms with Crippen LogP contribution in [0.4, 0.5) is 0 Å². The number of ether oxygens (including phenoxy) is 2. The van der Waals surface area contributed by atoms with Gasteiger partial charge < -0.3 is 19.6 Å². The van der Waals surface area contributed by atoms with Gasteiger partial charge in [0.15, 0.2) is 17.3 Å². The number of carbonyl (C=O) groups is 1. The van der Waals surface area contributed by atoms with E-state index in [-0.39, 0.29) is 11.5 Å². The summed E-state index contributed by atoms with van der Waals surface area (Å²) in [6, 6.07) is 10.6. The SMILES string of the molecule is COCCOc1cc2c(cc1O)C(=O)c1c([nH]c3cc(C#N)ccc13)C2(C)C. The molecular weight excluding hydrogens is 356 g/mol. The lowest BCUT2D eigenvalue weighted by Gasteiger charge is -2.32. The van der Waals surface area contributed by atoms with Gasteiger partial charge in [-0.2, -0.15) is 5.26 Å². The molecule has 4 rings (SSSR count). The molecule has 0 aliphatic heterocycles. The second-order valence-electron chi connectivity index (χ2n) is 7.41. The molecule has 2 aromatic carbocycles. The fraction of sp³-hybridized carbons (Fsp3) is 0.273. The Labute approximate surface area is 162 Å². The van der Waals surface area contributed by atoms with Crippen LogP contribution in [0, 0.1) is 11.3 Å². The lowest BCUT2D eigenvalue weighted by atomic mass is 9.71. The van der Waals surface area contributed by atoms with E-state index < -0.39 is 5.41 Å². The number of phenolic OH excluding ortho intramolecular Hbond substituents is 1. The quantitative estimate of drug-likeness (QED) is 0.678. The minimum atomic E-state index is -0.516. The maximum absolute atomic E-state index is 13.3. The summed E-state index contributed by atoms with van der Waals surface area (Å²) in [4.78, 5) is 16.6. The number of aromatic nitrogens is 1. The number of phenols is 1. The first-order valence-corrected chi connectivity index (χ1v) is 8.98. The fourth-order valence-corrected chi connectivity index (χ4v) is 3.86. The molecule has 28 heavy (non-hydrogen) atoms. The maximum atomic E-state index is 13.3. The van der Waals surface area contributed by atoms with E-state index >= 15 is 0 Å². The van der Waals surface area contributed by atoms with E-state index in [1.807, 2.05) is 13.8 Å². The van der Waals surface area contributed by atoms with Crippen molar-refractivity contribution in [1.82, 2.24) is 4.98 Å². The fourth-order valence-electron chi connectivity index (χ4n) is 3.86. The molecule has 0 bridgehead atoms. The molecule has 1 aliphatic rings. The molecule has 1 aliphatic carbocycles. The van der Waals surface area contributed by atoms with Gasteiger partial charge >= 0.3 is 0 Å². The molecular formula is C22H20N2O4. The molecule has 2 N–H and O–H groups in total. The number of ketones is 1. The number of H-pyrrole nitrogens is 1. The third-order valence-electron chi connectivity index (χ3n) is 5.34. The van der Waals surface area contributed by atoms with Gasteiger partial charge in [-0.05, 0) is 29.8 Å². The summed E-state index contributed by atoms with van der Waals surface area (Å²) in [6.07, 6.45) is 0. The Morgan fingerprint density at radius 2 is 2.00 bits per heavy atom. The predicted octanol–water partition coefficient (Wildman–Crippen LogP) is 3.64. The molecule has 3 aromatic rings. The zero-order chi connectivity index (χ0) is 20.1. The van der Waals surface area contributed by atoms with Crippen molar-refractivity contribution >= 4 is 16.7 Å². The molecule has 0 saturated carbocycles. The van der Waals surface area contributed by atoms with Crippen LogP contribution < -0.4 is 4.74 Å². The van der Waals surface area contributed by atoms with E-state index in [9.17, 15) is 9.90 Å². The maximum Gasteiger partial charge on any atom is 0.195 e. The average molecular weight is 376 g/mol. The Bertz CT molecular complexity index is 1150. The van der Waals surface area contributed by atoms with Crippen LogP contribution in [0.2, 0.25) is 0 Å². The molecule has 1 heterocycles. The van der Waals surface area contributed by atoms with Gasteiger partial charge in [-0.3, -0.25) is 4.79 Å². The first-order chi connectivity index (χ1) is 13.4. The number of nitrogens with one attached hydrogen (secondary N) is 1. The second-order valence-corrected chi connectivity index (χ2v) is 7.41. The van der Waals surface area contributed by atoms with Crippen LogP contribution in [0.3, 0.4) is 0 Å². The number of nitrogens with zero attached hydrogens (tertiary/aromatic N) is 1. The summed E-state index contributed by atoms with van der Waals surface area (Å²) >= 11 is 0. The minimum Gasteiger partial charge on any atom is -0.504 e. The first kappa shape index (κ1) is 18.1. The second kappa shape index (κ2) is 6.39. The number of aromatic amines is 1. The van der Waals surface area contributed by atoms with Crippen LogP contribution in [-0.4, -0.2) is 36.2 Å². The highest BCUT2D eigenvalue weighted by Crippen LogP contribution is 2.46. The summed E-state index contributed by atoms with van der Waals surface area (Å²) in [5, 5.41) is 20.3. The van der Waals surface area contributed by atoms with Crippen molar-refractivity contribution in [2.45, 2.75) is 19.3 Å². The summed E-state index contributed by atoms with van der Waals surface area (Å²) < 4.78 is 10.6. The van der Waals surface area contributed by atoms with Gasteiger partial charge in [0.2, 0.25) is 0 Å². The van der Waals surface area contributed by atoms with E-state index in [1.54, 1.807) is 31.4 Å². The molecule has 0 saturated heterocycles. The van der Waals surface area contributed by atoms with Gasteiger partial charge in [0.05, 0.1) is 23.8 Å². The smallest absolute Gasteiger partial charge is 0.195 e. The standard InChI is InChI=1S/C22H20N2O4/c1-22(2)15-10-18(28-7-6-27-3)17(25)9-14(15)20(26)19-13-5-4-12(11-23)8-16(13)24-21(19)22/h4-5,8-10,24-25H,6-7H2,1-3H3. The Kier molecular flexibility index (Phi) is 4.13. The van der Waals surface area contributed by atoms with Crippen molar-refractivity contribution in [3.63, 3.8) is 0 Å². The normalized spacial score (nSPS) is 14.4. The Morgan fingerprint density at radius 3 is 2.71 bits per heavy atom. The molecule has 0 atom stereocenters. The van der Waals surface area contributed by atoms with Crippen LogP contribution in [0.5, 0.6) is 11.5 Å². The molecule has 0 unspecified atom stereocenters. The van der Waals surface area contributed by atoms with Crippen LogP contribution >= 0.6 is 0 Å². The van der Waals surface area contributed by atoms with E-state index in [0.717, 1.165) is 22.2 Å². The zero-order valence-corrected chi connectivity index (χ0v) is 15.9. The zero-order valence-electron chi connectivity index (χ0n) is 15.9. The Hall–Kier alpha value is -3.30. The van der Waals surface area contributed by atoms with Crippen molar-refractivity contribution in [1.29, 1.82) is 5.26 Å². The largest absolute Gasteiger partial charge is 0.504 e. The van der Waals surface area contributed by atoms with Crippen LogP contribution in [0.25, 0.3) is 10.9 Å². The summed E-state index contributed by atoms with van der Waals surface area (Å²) in [6.45, 7) is 4.74. The van der Waals surface area contributed by atoms with Crippen molar-refractivity contribution in [3.05, 3.63) is 58.3 Å². The minimum absolute atomic E-state index is 0.0749. The first-order valence-electron chi connectivity index (χ1n) is 8.98. The summed E-state index contributed by atoms with van der Waals surface area (Å²) in [5.41, 5.74) is 3.38. The predicted molar refractivity (Wildman–Crippen MR) is 104 cm³/mol. The molecule has 142 valence electrons. The van der Waals surface area contributed by atoms with Gasteiger partial charge in [0.25, 0.3) is 0 Å². The molecule has 6 nitrogen and oxygen atoms in total. The van der Waals surface area contributed by atoms with Crippen LogP contribution in [-0.2, 0) is 10.2 Å². The number of nitriles is 1. The average Bonchev–Trinajstić information content (AvgIpc) is 3.07. The third kappa shape index (κ3) is 2.55. The number of fused-ring (bicyclic) bond motifs is 4.